The number of aromatic nitrogens is 2. The van der Waals surface area contributed by atoms with Crippen LogP contribution in [0.5, 0.6) is 5.75 Å². The molecule has 31 heavy (non-hydrogen) atoms. The average Bonchev–Trinajstić information content (AvgIpc) is 3.28. The van der Waals surface area contributed by atoms with Crippen LogP contribution in [0.3, 0.4) is 0 Å². The van der Waals surface area contributed by atoms with E-state index in [0.29, 0.717) is 12.5 Å². The lowest BCUT2D eigenvalue weighted by atomic mass is 9.84. The number of nitrogens with one attached hydrogen (secondary N) is 1. The van der Waals surface area contributed by atoms with Crippen molar-refractivity contribution in [2.45, 2.75) is 33.5 Å². The quantitative estimate of drug-likeness (QED) is 0.610. The summed E-state index contributed by atoms with van der Waals surface area (Å²) in [5.41, 5.74) is 10.2. The number of aliphatic hydroxyl groups excluding tert-OH is 1. The van der Waals surface area contributed by atoms with Crippen molar-refractivity contribution < 1.29 is 15.4 Å². The fourth-order valence-corrected chi connectivity index (χ4v) is 4.19. The first-order chi connectivity index (χ1) is 14.9. The molecular weight excluding hydrogens is 392 g/mol. The lowest BCUT2D eigenvalue weighted by molar-refractivity contribution is -0.835. The standard InChI is InChI=1S/C23H32N6O2/c1-6-17-8-7-9-21(29-23(30)28(5)25-26-29)19(17)14-31-22-11-10-18(12-15(22)2)20-13-16(3)27(4)24-20/h7-13,17,19,23,25-26,30H,6,14H2,1-5H3/p+1. The van der Waals surface area contributed by atoms with Crippen molar-refractivity contribution in [3.8, 4) is 17.0 Å². The highest BCUT2D eigenvalue weighted by Gasteiger charge is 2.38. The molecule has 1 aliphatic carbocycles. The second kappa shape index (κ2) is 8.84. The Bertz CT molecular complexity index is 978. The molecule has 0 radical (unpaired) electrons. The van der Waals surface area contributed by atoms with Gasteiger partial charge in [0, 0.05) is 37.0 Å². The lowest BCUT2D eigenvalue weighted by Crippen LogP contribution is -2.97. The van der Waals surface area contributed by atoms with E-state index >= 15 is 0 Å². The van der Waals surface area contributed by atoms with Crippen LogP contribution in [0.25, 0.3) is 11.3 Å². The first-order valence-electron chi connectivity index (χ1n) is 10.8. The Morgan fingerprint density at radius 2 is 2.03 bits per heavy atom. The highest BCUT2D eigenvalue weighted by Crippen LogP contribution is 2.33. The zero-order chi connectivity index (χ0) is 22.1. The van der Waals surface area contributed by atoms with Crippen molar-refractivity contribution in [2.24, 2.45) is 18.9 Å². The molecule has 0 bridgehead atoms. The van der Waals surface area contributed by atoms with Crippen LogP contribution in [0.15, 0.2) is 48.2 Å². The number of aryl methyl sites for hydroxylation is 3. The Morgan fingerprint density at radius 3 is 2.65 bits per heavy atom. The van der Waals surface area contributed by atoms with E-state index in [1.807, 2.05) is 24.8 Å². The number of quaternary nitrogens is 1. The average molecular weight is 426 g/mol. The molecule has 1 aromatic heterocycles. The molecule has 4 N–H and O–H groups in total. The number of hydrogen-bond donors (Lipinski definition) is 3. The van der Waals surface area contributed by atoms with E-state index in [1.54, 1.807) is 15.6 Å². The summed E-state index contributed by atoms with van der Waals surface area (Å²) in [5, 5.41) is 18.6. The Hall–Kier alpha value is -2.65. The van der Waals surface area contributed by atoms with E-state index in [1.165, 1.54) is 0 Å². The van der Waals surface area contributed by atoms with Gasteiger partial charge in [0.25, 0.3) is 0 Å². The fraction of sp³-hybridized carbons (Fsp3) is 0.435. The summed E-state index contributed by atoms with van der Waals surface area (Å²) >= 11 is 0. The third-order valence-corrected chi connectivity index (χ3v) is 6.27. The smallest absolute Gasteiger partial charge is 0.249 e. The van der Waals surface area contributed by atoms with Crippen molar-refractivity contribution in [1.29, 1.82) is 0 Å². The van der Waals surface area contributed by atoms with Crippen molar-refractivity contribution >= 4 is 0 Å². The van der Waals surface area contributed by atoms with Crippen LogP contribution in [-0.4, -0.2) is 44.9 Å². The summed E-state index contributed by atoms with van der Waals surface area (Å²) in [6, 6.07) is 8.31. The SMILES string of the molecule is CCC1C=CC=C(N2N[NH2+]N(C)C2O)C1COc1ccc(-c2cc(C)n(C)n2)cc1C. The molecule has 1 aliphatic heterocycles. The molecule has 0 spiro atoms. The van der Waals surface area contributed by atoms with E-state index in [-0.39, 0.29) is 5.92 Å². The minimum atomic E-state index is -0.736. The fourth-order valence-electron chi connectivity index (χ4n) is 4.19. The summed E-state index contributed by atoms with van der Waals surface area (Å²) in [6.45, 7) is 6.84. The number of hydrazine groups is 1. The molecule has 166 valence electrons. The van der Waals surface area contributed by atoms with E-state index in [2.05, 4.69) is 67.8 Å². The van der Waals surface area contributed by atoms with Gasteiger partial charge in [0.15, 0.2) is 0 Å². The number of hydrogen-bond acceptors (Lipinski definition) is 6. The molecule has 1 fully saturated rings. The van der Waals surface area contributed by atoms with Gasteiger partial charge in [0.2, 0.25) is 6.35 Å². The molecule has 8 nitrogen and oxygen atoms in total. The predicted octanol–water partition coefficient (Wildman–Crippen LogP) is 1.60. The maximum atomic E-state index is 10.5. The van der Waals surface area contributed by atoms with Crippen LogP contribution in [-0.2, 0) is 7.05 Å². The molecule has 4 rings (SSSR count). The number of nitrogens with zero attached hydrogens (tertiary/aromatic N) is 4. The second-order valence-corrected chi connectivity index (χ2v) is 8.38. The highest BCUT2D eigenvalue weighted by atomic mass is 16.5. The number of rotatable bonds is 6. The largest absolute Gasteiger partial charge is 0.493 e. The van der Waals surface area contributed by atoms with Gasteiger partial charge < -0.3 is 9.84 Å². The maximum absolute atomic E-state index is 10.5. The van der Waals surface area contributed by atoms with Gasteiger partial charge in [-0.15, -0.1) is 0 Å². The normalized spacial score (nSPS) is 24.0. The maximum Gasteiger partial charge on any atom is 0.249 e. The molecule has 2 aromatic rings. The van der Waals surface area contributed by atoms with Crippen LogP contribution in [0.1, 0.15) is 24.6 Å². The number of aliphatic hydroxyl groups is 1. The van der Waals surface area contributed by atoms with Gasteiger partial charge in [-0.05, 0) is 62.1 Å². The first-order valence-corrected chi connectivity index (χ1v) is 10.8. The van der Waals surface area contributed by atoms with Crippen LogP contribution >= 0.6 is 0 Å². The Labute approximate surface area is 183 Å². The molecule has 1 aromatic carbocycles. The van der Waals surface area contributed by atoms with Crippen molar-refractivity contribution in [3.05, 3.63) is 59.4 Å². The zero-order valence-corrected chi connectivity index (χ0v) is 18.9. The molecule has 1 saturated heterocycles. The highest BCUT2D eigenvalue weighted by molar-refractivity contribution is 5.62. The van der Waals surface area contributed by atoms with Gasteiger partial charge in [-0.2, -0.15) is 10.6 Å². The summed E-state index contributed by atoms with van der Waals surface area (Å²) < 4.78 is 8.21. The van der Waals surface area contributed by atoms with E-state index in [9.17, 15) is 5.11 Å². The number of ether oxygens (including phenoxy) is 1. The number of nitrogens with two attached hydrogens (primary N) is 1. The summed E-state index contributed by atoms with van der Waals surface area (Å²) in [5.74, 6) is 1.35. The minimum Gasteiger partial charge on any atom is -0.493 e. The lowest BCUT2D eigenvalue weighted by Gasteiger charge is -2.33. The molecule has 0 saturated carbocycles. The van der Waals surface area contributed by atoms with Gasteiger partial charge in [-0.3, -0.25) is 4.68 Å². The summed E-state index contributed by atoms with van der Waals surface area (Å²) in [7, 11) is 3.80. The van der Waals surface area contributed by atoms with Gasteiger partial charge in [-0.1, -0.05) is 29.6 Å². The summed E-state index contributed by atoms with van der Waals surface area (Å²) in [4.78, 5) is 0. The van der Waals surface area contributed by atoms with Crippen molar-refractivity contribution in [1.82, 2.24) is 25.3 Å². The van der Waals surface area contributed by atoms with Gasteiger partial charge in [0.1, 0.15) is 5.75 Å². The molecule has 2 aliphatic rings. The Kier molecular flexibility index (Phi) is 6.15. The molecule has 8 heteroatoms. The Balaban J connectivity index is 1.51. The van der Waals surface area contributed by atoms with Crippen molar-refractivity contribution in [2.75, 3.05) is 13.7 Å². The van der Waals surface area contributed by atoms with Crippen LogP contribution in [0.2, 0.25) is 0 Å². The zero-order valence-electron chi connectivity index (χ0n) is 18.9. The van der Waals surface area contributed by atoms with E-state index in [0.717, 1.165) is 40.4 Å². The third kappa shape index (κ3) is 4.24. The van der Waals surface area contributed by atoms with Crippen LogP contribution in [0.4, 0.5) is 0 Å². The molecule has 3 unspecified atom stereocenters. The molecule has 3 atom stereocenters. The molecule has 0 amide bonds. The van der Waals surface area contributed by atoms with Gasteiger partial charge >= 0.3 is 0 Å². The topological polar surface area (TPSA) is 82.4 Å². The predicted molar refractivity (Wildman–Crippen MR) is 119 cm³/mol. The molecular formula is C23H33N6O2+. The van der Waals surface area contributed by atoms with E-state index < -0.39 is 6.35 Å². The number of benzene rings is 1. The van der Waals surface area contributed by atoms with Crippen LogP contribution < -0.4 is 15.8 Å². The number of allylic oxidation sites excluding steroid dienone is 3. The molecule has 2 heterocycles. The third-order valence-electron chi connectivity index (χ3n) is 6.27. The minimum absolute atomic E-state index is 0.134. The monoisotopic (exact) mass is 425 g/mol. The Morgan fingerprint density at radius 1 is 1.23 bits per heavy atom. The van der Waals surface area contributed by atoms with Gasteiger partial charge in [-0.25, -0.2) is 5.01 Å². The van der Waals surface area contributed by atoms with E-state index in [4.69, 9.17) is 4.74 Å². The van der Waals surface area contributed by atoms with Crippen LogP contribution in [0, 0.1) is 25.7 Å². The first kappa shape index (κ1) is 21.6. The second-order valence-electron chi connectivity index (χ2n) is 8.38. The van der Waals surface area contributed by atoms with Crippen molar-refractivity contribution in [3.63, 3.8) is 0 Å². The summed E-state index contributed by atoms with van der Waals surface area (Å²) in [6.07, 6.45) is 6.63. The van der Waals surface area contributed by atoms with Gasteiger partial charge in [0.05, 0.1) is 12.3 Å².